The molecule has 0 amide bonds. The minimum absolute atomic E-state index is 0.174. The average molecular weight is 270 g/mol. The van der Waals surface area contributed by atoms with Gasteiger partial charge in [0.05, 0.1) is 4.90 Å². The lowest BCUT2D eigenvalue weighted by atomic mass is 10.1. The zero-order valence-corrected chi connectivity index (χ0v) is 11.1. The van der Waals surface area contributed by atoms with Crippen molar-refractivity contribution in [1.29, 1.82) is 0 Å². The van der Waals surface area contributed by atoms with E-state index in [0.717, 1.165) is 0 Å². The van der Waals surface area contributed by atoms with E-state index in [2.05, 4.69) is 22.1 Å². The molecule has 7 heteroatoms. The van der Waals surface area contributed by atoms with Gasteiger partial charge in [0, 0.05) is 18.8 Å². The summed E-state index contributed by atoms with van der Waals surface area (Å²) < 4.78 is 26.7. The molecule has 6 nitrogen and oxygen atoms in total. The number of hydrazine groups is 1. The van der Waals surface area contributed by atoms with Crippen LogP contribution in [-0.4, -0.2) is 19.9 Å². The lowest BCUT2D eigenvalue weighted by molar-refractivity contribution is 0.492. The van der Waals surface area contributed by atoms with E-state index in [1.807, 2.05) is 0 Å². The smallest absolute Gasteiger partial charge is 0.240 e. The third kappa shape index (κ3) is 3.18. The van der Waals surface area contributed by atoms with E-state index < -0.39 is 10.0 Å². The molecule has 0 aliphatic heterocycles. The summed E-state index contributed by atoms with van der Waals surface area (Å²) in [5.41, 5.74) is 2.33. The summed E-state index contributed by atoms with van der Waals surface area (Å²) in [5.74, 6) is 6.59. The Morgan fingerprint density at radius 1 is 1.56 bits per heavy atom. The number of anilines is 1. The zero-order valence-electron chi connectivity index (χ0n) is 10.3. The predicted octanol–water partition coefficient (Wildman–Crippen LogP) is 0.692. The van der Waals surface area contributed by atoms with Crippen LogP contribution in [0.2, 0.25) is 0 Å². The standard InChI is InChI=1S/C11H18N4O2S/c1-8(9-2-3-9)7-14-18(16,17)10-4-5-13-11(6-10)15-12/h4-6,8-9,14H,2-3,7,12H2,1H3,(H,13,15). The van der Waals surface area contributed by atoms with Crippen molar-refractivity contribution < 1.29 is 8.42 Å². The molecule has 0 radical (unpaired) electrons. The van der Waals surface area contributed by atoms with Crippen LogP contribution in [-0.2, 0) is 10.0 Å². The predicted molar refractivity (Wildman–Crippen MR) is 69.1 cm³/mol. The van der Waals surface area contributed by atoms with Gasteiger partial charge in [0.25, 0.3) is 0 Å². The molecule has 2 rings (SSSR count). The Labute approximate surface area is 107 Å². The number of hydrogen-bond donors (Lipinski definition) is 3. The van der Waals surface area contributed by atoms with Gasteiger partial charge in [0.15, 0.2) is 0 Å². The Morgan fingerprint density at radius 3 is 2.89 bits per heavy atom. The van der Waals surface area contributed by atoms with E-state index in [-0.39, 0.29) is 4.90 Å². The van der Waals surface area contributed by atoms with Crippen LogP contribution in [0.3, 0.4) is 0 Å². The molecule has 0 saturated heterocycles. The van der Waals surface area contributed by atoms with Crippen molar-refractivity contribution in [3.63, 3.8) is 0 Å². The average Bonchev–Trinajstić information content (AvgIpc) is 3.20. The molecule has 1 fully saturated rings. The first-order valence-corrected chi connectivity index (χ1v) is 7.43. The first-order chi connectivity index (χ1) is 8.53. The van der Waals surface area contributed by atoms with Crippen molar-refractivity contribution in [3.05, 3.63) is 18.3 Å². The molecule has 1 unspecified atom stereocenters. The number of nitrogens with two attached hydrogens (primary N) is 1. The highest BCUT2D eigenvalue weighted by Crippen LogP contribution is 2.36. The molecule has 100 valence electrons. The fourth-order valence-corrected chi connectivity index (χ4v) is 2.97. The number of hydrogen-bond acceptors (Lipinski definition) is 5. The van der Waals surface area contributed by atoms with Gasteiger partial charge < -0.3 is 5.43 Å². The molecule has 1 atom stereocenters. The summed E-state index contributed by atoms with van der Waals surface area (Å²) >= 11 is 0. The molecule has 18 heavy (non-hydrogen) atoms. The van der Waals surface area contributed by atoms with Gasteiger partial charge >= 0.3 is 0 Å². The summed E-state index contributed by atoms with van der Waals surface area (Å²) in [4.78, 5) is 4.05. The number of rotatable bonds is 6. The van der Waals surface area contributed by atoms with Gasteiger partial charge in [-0.1, -0.05) is 6.92 Å². The van der Waals surface area contributed by atoms with Gasteiger partial charge in [0.2, 0.25) is 10.0 Å². The third-order valence-corrected chi connectivity index (χ3v) is 4.63. The van der Waals surface area contributed by atoms with E-state index in [4.69, 9.17) is 5.84 Å². The number of sulfonamides is 1. The maximum absolute atomic E-state index is 12.0. The number of aromatic nitrogens is 1. The fourth-order valence-electron chi connectivity index (χ4n) is 1.81. The van der Waals surface area contributed by atoms with Crippen LogP contribution in [0, 0.1) is 11.8 Å². The van der Waals surface area contributed by atoms with Gasteiger partial charge in [-0.2, -0.15) is 0 Å². The van der Waals surface area contributed by atoms with Crippen LogP contribution >= 0.6 is 0 Å². The van der Waals surface area contributed by atoms with E-state index in [1.165, 1.54) is 31.2 Å². The Bertz CT molecular complexity index is 514. The fraction of sp³-hybridized carbons (Fsp3) is 0.545. The molecule has 1 aromatic heterocycles. The molecule has 1 saturated carbocycles. The molecule has 1 aliphatic rings. The minimum atomic E-state index is -3.48. The Kier molecular flexibility index (Phi) is 3.84. The molecular formula is C11H18N4O2S. The molecule has 1 heterocycles. The lowest BCUT2D eigenvalue weighted by Gasteiger charge is -2.12. The number of pyridine rings is 1. The maximum Gasteiger partial charge on any atom is 0.240 e. The van der Waals surface area contributed by atoms with Gasteiger partial charge in [-0.05, 0) is 30.7 Å². The maximum atomic E-state index is 12.0. The second-order valence-electron chi connectivity index (χ2n) is 4.69. The highest BCUT2D eigenvalue weighted by atomic mass is 32.2. The summed E-state index contributed by atoms with van der Waals surface area (Å²) in [6, 6.07) is 2.86. The lowest BCUT2D eigenvalue weighted by Crippen LogP contribution is -2.29. The number of nitrogens with zero attached hydrogens (tertiary/aromatic N) is 1. The van der Waals surface area contributed by atoms with Crippen molar-refractivity contribution >= 4 is 15.8 Å². The Balaban J connectivity index is 2.04. The number of nitrogens with one attached hydrogen (secondary N) is 2. The van der Waals surface area contributed by atoms with Gasteiger partial charge in [-0.25, -0.2) is 24.0 Å². The van der Waals surface area contributed by atoms with E-state index in [9.17, 15) is 8.42 Å². The largest absolute Gasteiger partial charge is 0.308 e. The Hall–Kier alpha value is -1.18. The SMILES string of the molecule is CC(CNS(=O)(=O)c1ccnc(NN)c1)C1CC1. The van der Waals surface area contributed by atoms with Gasteiger partial charge in [0.1, 0.15) is 5.82 Å². The molecule has 1 aromatic rings. The summed E-state index contributed by atoms with van der Waals surface area (Å²) in [6.45, 7) is 2.54. The van der Waals surface area contributed by atoms with Crippen molar-refractivity contribution in [2.75, 3.05) is 12.0 Å². The molecule has 1 aliphatic carbocycles. The molecule has 4 N–H and O–H groups in total. The van der Waals surface area contributed by atoms with E-state index in [0.29, 0.717) is 24.2 Å². The van der Waals surface area contributed by atoms with E-state index in [1.54, 1.807) is 0 Å². The van der Waals surface area contributed by atoms with E-state index >= 15 is 0 Å². The zero-order chi connectivity index (χ0) is 13.2. The molecule has 0 aromatic carbocycles. The molecule has 0 bridgehead atoms. The van der Waals surface area contributed by atoms with Crippen LogP contribution in [0.1, 0.15) is 19.8 Å². The van der Waals surface area contributed by atoms with Crippen molar-refractivity contribution in [2.45, 2.75) is 24.7 Å². The number of nitrogen functional groups attached to an aromatic ring is 1. The van der Waals surface area contributed by atoms with Crippen molar-refractivity contribution in [3.8, 4) is 0 Å². The topological polar surface area (TPSA) is 97.1 Å². The first kappa shape index (κ1) is 13.3. The quantitative estimate of drug-likeness (QED) is 0.522. The molecule has 0 spiro atoms. The normalized spacial score (nSPS) is 17.4. The summed E-state index contributed by atoms with van der Waals surface area (Å²) in [5, 5.41) is 0. The minimum Gasteiger partial charge on any atom is -0.308 e. The van der Waals surface area contributed by atoms with Gasteiger partial charge in [-0.15, -0.1) is 0 Å². The Morgan fingerprint density at radius 2 is 2.28 bits per heavy atom. The van der Waals surface area contributed by atoms with Crippen molar-refractivity contribution in [1.82, 2.24) is 9.71 Å². The monoisotopic (exact) mass is 270 g/mol. The first-order valence-electron chi connectivity index (χ1n) is 5.95. The van der Waals surface area contributed by atoms with Crippen LogP contribution in [0.5, 0.6) is 0 Å². The van der Waals surface area contributed by atoms with Crippen LogP contribution in [0.25, 0.3) is 0 Å². The van der Waals surface area contributed by atoms with Crippen LogP contribution in [0.15, 0.2) is 23.2 Å². The summed E-state index contributed by atoms with van der Waals surface area (Å²) in [7, 11) is -3.48. The highest BCUT2D eigenvalue weighted by Gasteiger charge is 2.28. The molecular weight excluding hydrogens is 252 g/mol. The highest BCUT2D eigenvalue weighted by molar-refractivity contribution is 7.89. The van der Waals surface area contributed by atoms with Gasteiger partial charge in [-0.3, -0.25) is 0 Å². The van der Waals surface area contributed by atoms with Crippen LogP contribution in [0.4, 0.5) is 5.82 Å². The second-order valence-corrected chi connectivity index (χ2v) is 6.45. The second kappa shape index (κ2) is 5.21. The third-order valence-electron chi connectivity index (χ3n) is 3.21. The summed E-state index contributed by atoms with van der Waals surface area (Å²) in [6.07, 6.45) is 3.83. The van der Waals surface area contributed by atoms with Crippen molar-refractivity contribution in [2.24, 2.45) is 17.7 Å². The van der Waals surface area contributed by atoms with Crippen LogP contribution < -0.4 is 16.0 Å².